The van der Waals surface area contributed by atoms with Crippen LogP contribution in [-0.2, 0) is 9.59 Å². The summed E-state index contributed by atoms with van der Waals surface area (Å²) in [6.45, 7) is 1.72. The van der Waals surface area contributed by atoms with Gasteiger partial charge >= 0.3 is 0 Å². The first-order valence-corrected chi connectivity index (χ1v) is 10.9. The van der Waals surface area contributed by atoms with Gasteiger partial charge < -0.3 is 15.4 Å². The number of ether oxygens (including phenoxy) is 1. The van der Waals surface area contributed by atoms with Crippen LogP contribution in [0, 0.1) is 6.92 Å². The topological polar surface area (TPSA) is 87.7 Å². The Balaban J connectivity index is 1.48. The minimum atomic E-state index is -0.643. The van der Waals surface area contributed by atoms with Gasteiger partial charge in [-0.05, 0) is 73.2 Å². The summed E-state index contributed by atoms with van der Waals surface area (Å²) >= 11 is 12.3. The highest BCUT2D eigenvalue weighted by Gasteiger charge is 2.39. The van der Waals surface area contributed by atoms with Gasteiger partial charge in [0.25, 0.3) is 17.7 Å². The van der Waals surface area contributed by atoms with E-state index in [2.05, 4.69) is 10.6 Å². The van der Waals surface area contributed by atoms with Crippen LogP contribution in [0.4, 0.5) is 17.1 Å². The van der Waals surface area contributed by atoms with Crippen molar-refractivity contribution in [2.45, 2.75) is 6.92 Å². The number of rotatable bonds is 6. The van der Waals surface area contributed by atoms with E-state index in [1.807, 2.05) is 0 Å². The Morgan fingerprint density at radius 1 is 0.882 bits per heavy atom. The lowest BCUT2D eigenvalue weighted by molar-refractivity contribution is -0.120. The van der Waals surface area contributed by atoms with E-state index in [0.29, 0.717) is 39.0 Å². The molecule has 0 saturated heterocycles. The molecular weight excluding hydrogens is 477 g/mol. The van der Waals surface area contributed by atoms with Gasteiger partial charge in [-0.25, -0.2) is 4.90 Å². The average Bonchev–Trinajstić information content (AvgIpc) is 3.05. The molecule has 0 aromatic heterocycles. The van der Waals surface area contributed by atoms with Gasteiger partial charge in [-0.3, -0.25) is 14.4 Å². The van der Waals surface area contributed by atoms with Crippen molar-refractivity contribution in [3.63, 3.8) is 0 Å². The molecule has 3 aromatic rings. The first kappa shape index (κ1) is 23.4. The maximum absolute atomic E-state index is 13.0. The van der Waals surface area contributed by atoms with Crippen LogP contribution in [0.1, 0.15) is 15.9 Å². The molecule has 0 atom stereocenters. The highest BCUT2D eigenvalue weighted by Crippen LogP contribution is 2.34. The molecular formula is C25H19Cl2N3O4. The van der Waals surface area contributed by atoms with Crippen molar-refractivity contribution in [2.24, 2.45) is 0 Å². The molecule has 0 bridgehead atoms. The zero-order valence-electron chi connectivity index (χ0n) is 18.2. The lowest BCUT2D eigenvalue weighted by atomic mass is 10.1. The van der Waals surface area contributed by atoms with E-state index < -0.39 is 11.8 Å². The quantitative estimate of drug-likeness (QED) is 0.450. The van der Waals surface area contributed by atoms with Gasteiger partial charge in [-0.2, -0.15) is 0 Å². The number of amides is 3. The maximum Gasteiger partial charge on any atom is 0.283 e. The van der Waals surface area contributed by atoms with Crippen LogP contribution in [0.3, 0.4) is 0 Å². The third-order valence-corrected chi connectivity index (χ3v) is 6.03. The number of carbonyl (C=O) groups excluding carboxylic acids is 3. The van der Waals surface area contributed by atoms with Crippen molar-refractivity contribution >= 4 is 58.0 Å². The van der Waals surface area contributed by atoms with E-state index in [0.717, 1.165) is 4.90 Å². The van der Waals surface area contributed by atoms with Crippen molar-refractivity contribution in [2.75, 3.05) is 22.6 Å². The fourth-order valence-electron chi connectivity index (χ4n) is 3.40. The normalized spacial score (nSPS) is 13.4. The molecule has 0 saturated carbocycles. The molecule has 0 radical (unpaired) electrons. The van der Waals surface area contributed by atoms with Crippen LogP contribution in [0.25, 0.3) is 0 Å². The van der Waals surface area contributed by atoms with E-state index in [9.17, 15) is 14.4 Å². The number of nitrogens with zero attached hydrogens (tertiary/aromatic N) is 1. The SMILES string of the molecule is COc1ccc(NC(=O)c2ccc(NC3=C(Cl)C(=O)N(c4cccc(Cl)c4C)C3=O)cc2)cc1. The van der Waals surface area contributed by atoms with E-state index in [-0.39, 0.29) is 16.6 Å². The summed E-state index contributed by atoms with van der Waals surface area (Å²) in [7, 11) is 1.57. The molecule has 1 heterocycles. The molecule has 3 aromatic carbocycles. The van der Waals surface area contributed by atoms with Gasteiger partial charge in [0, 0.05) is 22.0 Å². The van der Waals surface area contributed by atoms with Crippen molar-refractivity contribution in [3.8, 4) is 5.75 Å². The predicted octanol–water partition coefficient (Wildman–Crippen LogP) is 5.35. The Morgan fingerprint density at radius 3 is 2.18 bits per heavy atom. The van der Waals surface area contributed by atoms with Crippen LogP contribution >= 0.6 is 23.2 Å². The number of hydrogen-bond donors (Lipinski definition) is 2. The number of anilines is 3. The van der Waals surface area contributed by atoms with Crippen LogP contribution < -0.4 is 20.3 Å². The molecule has 172 valence electrons. The highest BCUT2D eigenvalue weighted by atomic mass is 35.5. The van der Waals surface area contributed by atoms with E-state index in [1.54, 1.807) is 80.8 Å². The zero-order valence-corrected chi connectivity index (χ0v) is 19.7. The number of benzene rings is 3. The van der Waals surface area contributed by atoms with E-state index in [1.165, 1.54) is 0 Å². The Morgan fingerprint density at radius 2 is 1.53 bits per heavy atom. The maximum atomic E-state index is 13.0. The minimum absolute atomic E-state index is 0.0542. The molecule has 1 aliphatic heterocycles. The van der Waals surface area contributed by atoms with Crippen molar-refractivity contribution in [1.82, 2.24) is 0 Å². The number of carbonyl (C=O) groups is 3. The predicted molar refractivity (Wildman–Crippen MR) is 133 cm³/mol. The largest absolute Gasteiger partial charge is 0.497 e. The summed E-state index contributed by atoms with van der Waals surface area (Å²) in [6.07, 6.45) is 0. The van der Waals surface area contributed by atoms with Gasteiger partial charge in [-0.1, -0.05) is 29.3 Å². The third-order valence-electron chi connectivity index (χ3n) is 5.27. The Hall–Kier alpha value is -3.81. The van der Waals surface area contributed by atoms with E-state index >= 15 is 0 Å². The Kier molecular flexibility index (Phi) is 6.58. The standard InChI is InChI=1S/C25H19Cl2N3O4/c1-14-19(26)4-3-5-20(14)30-24(32)21(27)22(25(30)33)28-16-8-6-15(7-9-16)23(31)29-17-10-12-18(34-2)13-11-17/h3-13,28H,1-2H3,(H,29,31). The first-order chi connectivity index (χ1) is 16.3. The fraction of sp³-hybridized carbons (Fsp3) is 0.0800. The van der Waals surface area contributed by atoms with Gasteiger partial charge in [0.05, 0.1) is 12.8 Å². The summed E-state index contributed by atoms with van der Waals surface area (Å²) < 4.78 is 5.10. The number of methoxy groups -OCH3 is 1. The van der Waals surface area contributed by atoms with Crippen LogP contribution in [0.5, 0.6) is 5.75 Å². The van der Waals surface area contributed by atoms with Crippen LogP contribution in [0.2, 0.25) is 5.02 Å². The second-order valence-electron chi connectivity index (χ2n) is 7.40. The van der Waals surface area contributed by atoms with Gasteiger partial charge in [0.1, 0.15) is 16.5 Å². The van der Waals surface area contributed by atoms with Gasteiger partial charge in [0.2, 0.25) is 0 Å². The molecule has 3 amide bonds. The summed E-state index contributed by atoms with van der Waals surface area (Å²) in [5, 5.41) is 5.88. The first-order valence-electron chi connectivity index (χ1n) is 10.2. The summed E-state index contributed by atoms with van der Waals surface area (Å²) in [5.41, 5.74) is 2.41. The van der Waals surface area contributed by atoms with Gasteiger partial charge in [0.15, 0.2) is 0 Å². The fourth-order valence-corrected chi connectivity index (χ4v) is 3.78. The molecule has 9 heteroatoms. The van der Waals surface area contributed by atoms with Crippen molar-refractivity contribution in [1.29, 1.82) is 0 Å². The Labute approximate surface area is 205 Å². The minimum Gasteiger partial charge on any atom is -0.497 e. The van der Waals surface area contributed by atoms with Crippen molar-refractivity contribution < 1.29 is 19.1 Å². The molecule has 0 unspecified atom stereocenters. The summed E-state index contributed by atoms with van der Waals surface area (Å²) in [6, 6.07) is 18.3. The van der Waals surface area contributed by atoms with Gasteiger partial charge in [-0.15, -0.1) is 0 Å². The summed E-state index contributed by atoms with van der Waals surface area (Å²) in [5.74, 6) is -0.856. The lowest BCUT2D eigenvalue weighted by Crippen LogP contribution is -2.32. The monoisotopic (exact) mass is 495 g/mol. The molecule has 1 aliphatic rings. The molecule has 4 rings (SSSR count). The zero-order chi connectivity index (χ0) is 24.4. The molecule has 0 aliphatic carbocycles. The van der Waals surface area contributed by atoms with Crippen molar-refractivity contribution in [3.05, 3.63) is 93.6 Å². The number of halogens is 2. The van der Waals surface area contributed by atoms with Crippen LogP contribution in [0.15, 0.2) is 77.5 Å². The number of nitrogens with one attached hydrogen (secondary N) is 2. The number of hydrogen-bond acceptors (Lipinski definition) is 5. The van der Waals surface area contributed by atoms with E-state index in [4.69, 9.17) is 27.9 Å². The highest BCUT2D eigenvalue weighted by molar-refractivity contribution is 6.53. The lowest BCUT2D eigenvalue weighted by Gasteiger charge is -2.18. The smallest absolute Gasteiger partial charge is 0.283 e. The second kappa shape index (κ2) is 9.59. The third kappa shape index (κ3) is 4.48. The number of imide groups is 1. The summed E-state index contributed by atoms with van der Waals surface area (Å²) in [4.78, 5) is 39.2. The molecule has 2 N–H and O–H groups in total. The Bertz CT molecular complexity index is 1320. The molecule has 34 heavy (non-hydrogen) atoms. The second-order valence-corrected chi connectivity index (χ2v) is 8.19. The molecule has 7 nitrogen and oxygen atoms in total. The average molecular weight is 496 g/mol. The molecule has 0 fully saturated rings. The molecule has 0 spiro atoms. The van der Waals surface area contributed by atoms with Crippen LogP contribution in [-0.4, -0.2) is 24.8 Å².